The highest BCUT2D eigenvalue weighted by atomic mass is 16.5. The quantitative estimate of drug-likeness (QED) is 0.876. The maximum atomic E-state index is 5.31. The van der Waals surface area contributed by atoms with Gasteiger partial charge in [0.1, 0.15) is 5.75 Å². The van der Waals surface area contributed by atoms with Crippen LogP contribution in [0.1, 0.15) is 50.8 Å². The molecule has 100 valence electrons. The van der Waals surface area contributed by atoms with E-state index in [0.717, 1.165) is 5.75 Å². The Morgan fingerprint density at radius 1 is 1.28 bits per heavy atom. The summed E-state index contributed by atoms with van der Waals surface area (Å²) in [5.74, 6) is 1.65. The molecule has 2 atom stereocenters. The summed E-state index contributed by atoms with van der Waals surface area (Å²) in [6, 6.07) is 7.58. The molecule has 1 N–H and O–H groups in total. The van der Waals surface area contributed by atoms with Crippen molar-refractivity contribution < 1.29 is 4.74 Å². The molecule has 2 nitrogen and oxygen atoms in total. The van der Waals surface area contributed by atoms with Gasteiger partial charge >= 0.3 is 0 Å². The molecule has 0 heterocycles. The molecule has 0 amide bonds. The molecule has 1 aliphatic carbocycles. The molecule has 1 aromatic rings. The van der Waals surface area contributed by atoms with Crippen LogP contribution in [0.15, 0.2) is 18.2 Å². The lowest BCUT2D eigenvalue weighted by Gasteiger charge is -2.31. The molecule has 0 bridgehead atoms. The van der Waals surface area contributed by atoms with Gasteiger partial charge in [-0.2, -0.15) is 0 Å². The molecule has 1 aliphatic rings. The molecule has 0 fully saturated rings. The van der Waals surface area contributed by atoms with Crippen molar-refractivity contribution in [3.05, 3.63) is 29.3 Å². The number of hydrogen-bond acceptors (Lipinski definition) is 2. The van der Waals surface area contributed by atoms with Crippen molar-refractivity contribution in [1.29, 1.82) is 0 Å². The fourth-order valence-electron chi connectivity index (χ4n) is 2.60. The van der Waals surface area contributed by atoms with Crippen LogP contribution in [0, 0.1) is 5.92 Å². The van der Waals surface area contributed by atoms with Gasteiger partial charge in [-0.05, 0) is 55.4 Å². The normalized spacial score (nSPS) is 20.6. The van der Waals surface area contributed by atoms with E-state index < -0.39 is 0 Å². The Morgan fingerprint density at radius 3 is 2.72 bits per heavy atom. The van der Waals surface area contributed by atoms with Gasteiger partial charge in [-0.25, -0.2) is 0 Å². The smallest absolute Gasteiger partial charge is 0.119 e. The first-order valence-electron chi connectivity index (χ1n) is 7.04. The van der Waals surface area contributed by atoms with Gasteiger partial charge in [0.15, 0.2) is 0 Å². The average molecular weight is 247 g/mol. The molecule has 0 spiro atoms. The van der Waals surface area contributed by atoms with E-state index in [9.17, 15) is 0 Å². The van der Waals surface area contributed by atoms with Crippen molar-refractivity contribution in [2.45, 2.75) is 52.1 Å². The summed E-state index contributed by atoms with van der Waals surface area (Å²) in [5, 5.41) is 3.77. The Morgan fingerprint density at radius 2 is 2.06 bits per heavy atom. The van der Waals surface area contributed by atoms with Crippen molar-refractivity contribution in [3.8, 4) is 5.75 Å². The van der Waals surface area contributed by atoms with E-state index in [2.05, 4.69) is 44.3 Å². The van der Waals surface area contributed by atoms with Crippen molar-refractivity contribution in [2.24, 2.45) is 5.92 Å². The third-order valence-electron chi connectivity index (χ3n) is 4.13. The Kier molecular flexibility index (Phi) is 4.28. The zero-order valence-corrected chi connectivity index (χ0v) is 12.0. The maximum Gasteiger partial charge on any atom is 0.119 e. The van der Waals surface area contributed by atoms with Gasteiger partial charge in [0.05, 0.1) is 7.11 Å². The molecule has 0 aromatic heterocycles. The molecule has 1 aromatic carbocycles. The van der Waals surface area contributed by atoms with E-state index in [1.165, 1.54) is 30.4 Å². The summed E-state index contributed by atoms with van der Waals surface area (Å²) in [7, 11) is 1.74. The van der Waals surface area contributed by atoms with Crippen molar-refractivity contribution in [1.82, 2.24) is 5.32 Å². The highest BCUT2D eigenvalue weighted by Gasteiger charge is 2.22. The van der Waals surface area contributed by atoms with Crippen LogP contribution < -0.4 is 10.1 Å². The highest BCUT2D eigenvalue weighted by molar-refractivity contribution is 5.39. The van der Waals surface area contributed by atoms with Crippen LogP contribution in [-0.2, 0) is 6.42 Å². The first-order valence-corrected chi connectivity index (χ1v) is 7.04. The van der Waals surface area contributed by atoms with Crippen molar-refractivity contribution in [2.75, 3.05) is 7.11 Å². The molecule has 0 saturated carbocycles. The molecule has 2 heteroatoms. The molecular weight excluding hydrogens is 222 g/mol. The predicted octanol–water partition coefficient (Wildman–Crippen LogP) is 3.71. The van der Waals surface area contributed by atoms with Crippen LogP contribution >= 0.6 is 0 Å². The number of aryl methyl sites for hydroxylation is 1. The van der Waals surface area contributed by atoms with Crippen molar-refractivity contribution >= 4 is 0 Å². The molecule has 18 heavy (non-hydrogen) atoms. The Hall–Kier alpha value is -1.02. The molecular formula is C16H25NO. The summed E-state index contributed by atoms with van der Waals surface area (Å²) in [5.41, 5.74) is 2.92. The van der Waals surface area contributed by atoms with Crippen LogP contribution in [0.4, 0.5) is 0 Å². The van der Waals surface area contributed by atoms with Gasteiger partial charge in [-0.3, -0.25) is 0 Å². The van der Waals surface area contributed by atoms with Crippen LogP contribution in [-0.4, -0.2) is 13.2 Å². The Balaban J connectivity index is 2.17. The third-order valence-corrected chi connectivity index (χ3v) is 4.13. The third kappa shape index (κ3) is 2.86. The molecule has 2 rings (SSSR count). The first-order chi connectivity index (χ1) is 8.61. The van der Waals surface area contributed by atoms with E-state index in [1.54, 1.807) is 7.11 Å². The Labute approximate surface area is 111 Å². The van der Waals surface area contributed by atoms with Gasteiger partial charge in [0.2, 0.25) is 0 Å². The average Bonchev–Trinajstić information content (AvgIpc) is 2.38. The van der Waals surface area contributed by atoms with Gasteiger partial charge in [-0.1, -0.05) is 19.9 Å². The van der Waals surface area contributed by atoms with Crippen LogP contribution in [0.2, 0.25) is 0 Å². The topological polar surface area (TPSA) is 21.3 Å². The maximum absolute atomic E-state index is 5.31. The van der Waals surface area contributed by atoms with E-state index in [-0.39, 0.29) is 0 Å². The minimum Gasteiger partial charge on any atom is -0.497 e. The first kappa shape index (κ1) is 13.4. The zero-order valence-electron chi connectivity index (χ0n) is 12.0. The van der Waals surface area contributed by atoms with E-state index >= 15 is 0 Å². The second-order valence-electron chi connectivity index (χ2n) is 5.71. The molecule has 2 unspecified atom stereocenters. The van der Waals surface area contributed by atoms with E-state index in [4.69, 9.17) is 4.74 Å². The molecule has 0 aliphatic heterocycles. The lowest BCUT2D eigenvalue weighted by atomic mass is 9.86. The van der Waals surface area contributed by atoms with Gasteiger partial charge < -0.3 is 10.1 Å². The fraction of sp³-hybridized carbons (Fsp3) is 0.625. The standard InChI is InChI=1S/C16H25NO/c1-11(2)12(3)17-16-7-5-6-13-10-14(18-4)8-9-15(13)16/h8-12,16-17H,5-7H2,1-4H3. The minimum atomic E-state index is 0.511. The zero-order chi connectivity index (χ0) is 13.1. The second kappa shape index (κ2) is 5.75. The van der Waals surface area contributed by atoms with Crippen LogP contribution in [0.3, 0.4) is 0 Å². The number of hydrogen-bond donors (Lipinski definition) is 1. The highest BCUT2D eigenvalue weighted by Crippen LogP contribution is 2.32. The van der Waals surface area contributed by atoms with Gasteiger partial charge in [0.25, 0.3) is 0 Å². The Bertz CT molecular complexity index is 400. The molecule has 0 saturated heterocycles. The lowest BCUT2D eigenvalue weighted by molar-refractivity contribution is 0.349. The summed E-state index contributed by atoms with van der Waals surface area (Å²) in [6.07, 6.45) is 3.69. The SMILES string of the molecule is COc1ccc2c(c1)CCCC2NC(C)C(C)C. The lowest BCUT2D eigenvalue weighted by Crippen LogP contribution is -2.35. The van der Waals surface area contributed by atoms with Crippen molar-refractivity contribution in [3.63, 3.8) is 0 Å². The van der Waals surface area contributed by atoms with E-state index in [1.807, 2.05) is 0 Å². The number of rotatable bonds is 4. The van der Waals surface area contributed by atoms with Crippen LogP contribution in [0.5, 0.6) is 5.75 Å². The predicted molar refractivity (Wildman–Crippen MR) is 76.1 cm³/mol. The summed E-state index contributed by atoms with van der Waals surface area (Å²) in [4.78, 5) is 0. The number of fused-ring (bicyclic) bond motifs is 1. The molecule has 0 radical (unpaired) electrons. The number of methoxy groups -OCH3 is 1. The number of ether oxygens (including phenoxy) is 1. The fourth-order valence-corrected chi connectivity index (χ4v) is 2.60. The minimum absolute atomic E-state index is 0.511. The summed E-state index contributed by atoms with van der Waals surface area (Å²) < 4.78 is 5.31. The van der Waals surface area contributed by atoms with Crippen LogP contribution in [0.25, 0.3) is 0 Å². The monoisotopic (exact) mass is 247 g/mol. The van der Waals surface area contributed by atoms with Gasteiger partial charge in [-0.15, -0.1) is 0 Å². The van der Waals surface area contributed by atoms with E-state index in [0.29, 0.717) is 18.0 Å². The number of nitrogens with one attached hydrogen (secondary N) is 1. The second-order valence-corrected chi connectivity index (χ2v) is 5.71. The summed E-state index contributed by atoms with van der Waals surface area (Å²) in [6.45, 7) is 6.83. The number of benzene rings is 1. The summed E-state index contributed by atoms with van der Waals surface area (Å²) >= 11 is 0. The van der Waals surface area contributed by atoms with Gasteiger partial charge in [0, 0.05) is 12.1 Å². The largest absolute Gasteiger partial charge is 0.497 e.